The molecule has 1 fully saturated rings. The van der Waals surface area contributed by atoms with Crippen molar-refractivity contribution >= 4 is 5.91 Å². The molecule has 1 heterocycles. The largest absolute Gasteiger partial charge is 0.497 e. The van der Waals surface area contributed by atoms with Crippen molar-refractivity contribution in [2.75, 3.05) is 33.9 Å². The lowest BCUT2D eigenvalue weighted by molar-refractivity contribution is -0.153. The molecule has 0 spiro atoms. The van der Waals surface area contributed by atoms with Gasteiger partial charge in [0.15, 0.2) is 18.1 Å². The number of benzene rings is 2. The van der Waals surface area contributed by atoms with Crippen LogP contribution >= 0.6 is 0 Å². The smallest absolute Gasteiger partial charge is 0.422 e. The van der Waals surface area contributed by atoms with E-state index in [9.17, 15) is 18.0 Å². The standard InChI is InChI=1S/C23H26F3NO4/c1-29-19-7-5-17(6-8-19)18-11-12-27(14-18)22(28)10-4-16-3-9-20(21(13-16)30-2)31-15-23(24,25)26/h3,5-9,13,18H,4,10-12,14-15H2,1-2H3. The molecule has 31 heavy (non-hydrogen) atoms. The first-order valence-electron chi connectivity index (χ1n) is 10.1. The number of hydrogen-bond acceptors (Lipinski definition) is 4. The third-order valence-corrected chi connectivity index (χ3v) is 5.38. The summed E-state index contributed by atoms with van der Waals surface area (Å²) >= 11 is 0. The molecule has 0 N–H and O–H groups in total. The van der Waals surface area contributed by atoms with Crippen molar-refractivity contribution in [1.29, 1.82) is 0 Å². The second-order valence-corrected chi connectivity index (χ2v) is 7.49. The van der Waals surface area contributed by atoms with Crippen LogP contribution in [-0.4, -0.2) is 50.9 Å². The fourth-order valence-electron chi connectivity index (χ4n) is 3.69. The second kappa shape index (κ2) is 9.94. The summed E-state index contributed by atoms with van der Waals surface area (Å²) in [7, 11) is 3.00. The molecular formula is C23H26F3NO4. The van der Waals surface area contributed by atoms with Crippen LogP contribution in [0.15, 0.2) is 42.5 Å². The van der Waals surface area contributed by atoms with Crippen LogP contribution in [0.4, 0.5) is 13.2 Å². The van der Waals surface area contributed by atoms with E-state index in [0.29, 0.717) is 31.8 Å². The minimum absolute atomic E-state index is 0.0248. The number of amides is 1. The number of nitrogens with zero attached hydrogens (tertiary/aromatic N) is 1. The number of methoxy groups -OCH3 is 2. The maximum atomic E-state index is 12.7. The van der Waals surface area contributed by atoms with Crippen molar-refractivity contribution < 1.29 is 32.2 Å². The van der Waals surface area contributed by atoms with E-state index in [0.717, 1.165) is 17.7 Å². The minimum Gasteiger partial charge on any atom is -0.497 e. The third-order valence-electron chi connectivity index (χ3n) is 5.38. The number of hydrogen-bond donors (Lipinski definition) is 0. The second-order valence-electron chi connectivity index (χ2n) is 7.49. The van der Waals surface area contributed by atoms with Crippen LogP contribution in [0.1, 0.15) is 29.9 Å². The van der Waals surface area contributed by atoms with Gasteiger partial charge in [-0.15, -0.1) is 0 Å². The molecule has 1 amide bonds. The predicted octanol–water partition coefficient (Wildman–Crippen LogP) is 4.59. The molecule has 168 valence electrons. The van der Waals surface area contributed by atoms with Crippen molar-refractivity contribution in [3.8, 4) is 17.2 Å². The number of ether oxygens (including phenoxy) is 3. The number of carbonyl (C=O) groups is 1. The van der Waals surface area contributed by atoms with E-state index in [-0.39, 0.29) is 17.4 Å². The van der Waals surface area contributed by atoms with Crippen LogP contribution < -0.4 is 14.2 Å². The van der Waals surface area contributed by atoms with Gasteiger partial charge in [0.25, 0.3) is 0 Å². The van der Waals surface area contributed by atoms with Crippen molar-refractivity contribution in [3.63, 3.8) is 0 Å². The molecule has 1 aliphatic heterocycles. The predicted molar refractivity (Wildman–Crippen MR) is 110 cm³/mol. The molecule has 2 aromatic rings. The highest BCUT2D eigenvalue weighted by atomic mass is 19.4. The van der Waals surface area contributed by atoms with Crippen molar-refractivity contribution in [3.05, 3.63) is 53.6 Å². The molecular weight excluding hydrogens is 411 g/mol. The Morgan fingerprint density at radius 1 is 1.06 bits per heavy atom. The molecule has 2 aromatic carbocycles. The van der Waals surface area contributed by atoms with E-state index < -0.39 is 12.8 Å². The Hall–Kier alpha value is -2.90. The Morgan fingerprint density at radius 2 is 1.81 bits per heavy atom. The summed E-state index contributed by atoms with van der Waals surface area (Å²) in [6.07, 6.45) is -2.72. The van der Waals surface area contributed by atoms with Crippen molar-refractivity contribution in [2.45, 2.75) is 31.4 Å². The molecule has 0 radical (unpaired) electrons. The fourth-order valence-corrected chi connectivity index (χ4v) is 3.69. The number of rotatable bonds is 8. The molecule has 1 unspecified atom stereocenters. The SMILES string of the molecule is COc1ccc(C2CCN(C(=O)CCc3ccc(OCC(F)(F)F)c(OC)c3)C2)cc1. The summed E-state index contributed by atoms with van der Waals surface area (Å²) in [4.78, 5) is 14.5. The zero-order valence-corrected chi connectivity index (χ0v) is 17.6. The van der Waals surface area contributed by atoms with Crippen LogP contribution in [0.2, 0.25) is 0 Å². The molecule has 1 saturated heterocycles. The molecule has 0 aliphatic carbocycles. The van der Waals surface area contributed by atoms with Crippen LogP contribution in [0.5, 0.6) is 17.2 Å². The van der Waals surface area contributed by atoms with Crippen LogP contribution in [0.3, 0.4) is 0 Å². The van der Waals surface area contributed by atoms with E-state index in [4.69, 9.17) is 14.2 Å². The lowest BCUT2D eigenvalue weighted by atomic mass is 9.98. The van der Waals surface area contributed by atoms with Crippen molar-refractivity contribution in [2.24, 2.45) is 0 Å². The summed E-state index contributed by atoms with van der Waals surface area (Å²) in [5.74, 6) is 1.42. The Kier molecular flexibility index (Phi) is 7.30. The van der Waals surface area contributed by atoms with Crippen LogP contribution in [0, 0.1) is 0 Å². The average Bonchev–Trinajstić information content (AvgIpc) is 3.26. The third kappa shape index (κ3) is 6.29. The van der Waals surface area contributed by atoms with Gasteiger partial charge in [-0.3, -0.25) is 4.79 Å². The molecule has 5 nitrogen and oxygen atoms in total. The monoisotopic (exact) mass is 437 g/mol. The summed E-state index contributed by atoms with van der Waals surface area (Å²) < 4.78 is 52.2. The first-order valence-corrected chi connectivity index (χ1v) is 10.1. The van der Waals surface area contributed by atoms with Crippen LogP contribution in [0.25, 0.3) is 0 Å². The Balaban J connectivity index is 1.53. The highest BCUT2D eigenvalue weighted by Crippen LogP contribution is 2.31. The Labute approximate surface area is 179 Å². The van der Waals surface area contributed by atoms with Gasteiger partial charge in [0, 0.05) is 25.4 Å². The number of carbonyl (C=O) groups excluding carboxylic acids is 1. The lowest BCUT2D eigenvalue weighted by Gasteiger charge is -2.17. The van der Waals surface area contributed by atoms with Gasteiger partial charge in [-0.25, -0.2) is 0 Å². The number of aryl methyl sites for hydroxylation is 1. The van der Waals surface area contributed by atoms with Crippen LogP contribution in [-0.2, 0) is 11.2 Å². The van der Waals surface area contributed by atoms with Gasteiger partial charge in [-0.05, 0) is 48.2 Å². The van der Waals surface area contributed by atoms with Gasteiger partial charge in [0.05, 0.1) is 14.2 Å². The summed E-state index contributed by atoms with van der Waals surface area (Å²) in [5, 5.41) is 0. The Morgan fingerprint density at radius 3 is 2.45 bits per heavy atom. The molecule has 1 atom stereocenters. The topological polar surface area (TPSA) is 48.0 Å². The minimum atomic E-state index is -4.42. The Bertz CT molecular complexity index is 883. The highest BCUT2D eigenvalue weighted by Gasteiger charge is 2.29. The zero-order chi connectivity index (χ0) is 22.4. The van der Waals surface area contributed by atoms with Gasteiger partial charge in [-0.2, -0.15) is 13.2 Å². The zero-order valence-electron chi connectivity index (χ0n) is 17.6. The van der Waals surface area contributed by atoms with E-state index >= 15 is 0 Å². The van der Waals surface area contributed by atoms with Gasteiger partial charge in [-0.1, -0.05) is 18.2 Å². The molecule has 8 heteroatoms. The first-order chi connectivity index (χ1) is 14.8. The first kappa shape index (κ1) is 22.8. The highest BCUT2D eigenvalue weighted by molar-refractivity contribution is 5.77. The van der Waals surface area contributed by atoms with E-state index in [1.807, 2.05) is 29.2 Å². The average molecular weight is 437 g/mol. The summed E-state index contributed by atoms with van der Waals surface area (Å²) in [6, 6.07) is 12.6. The lowest BCUT2D eigenvalue weighted by Crippen LogP contribution is -2.28. The van der Waals surface area contributed by atoms with E-state index in [2.05, 4.69) is 0 Å². The number of halogens is 3. The molecule has 0 saturated carbocycles. The van der Waals surface area contributed by atoms with Gasteiger partial charge in [0.2, 0.25) is 5.91 Å². The van der Waals surface area contributed by atoms with Gasteiger partial charge < -0.3 is 19.1 Å². The quantitative estimate of drug-likeness (QED) is 0.606. The van der Waals surface area contributed by atoms with Crippen molar-refractivity contribution in [1.82, 2.24) is 4.90 Å². The summed E-state index contributed by atoms with van der Waals surface area (Å²) in [6.45, 7) is 0.00723. The van der Waals surface area contributed by atoms with E-state index in [1.165, 1.54) is 18.7 Å². The molecule has 3 rings (SSSR count). The normalized spacial score (nSPS) is 16.3. The number of likely N-dealkylation sites (tertiary alicyclic amines) is 1. The van der Waals surface area contributed by atoms with E-state index in [1.54, 1.807) is 19.2 Å². The van der Waals surface area contributed by atoms with Gasteiger partial charge in [0.1, 0.15) is 5.75 Å². The molecule has 1 aliphatic rings. The van der Waals surface area contributed by atoms with Gasteiger partial charge >= 0.3 is 6.18 Å². The maximum Gasteiger partial charge on any atom is 0.422 e. The molecule has 0 aromatic heterocycles. The maximum absolute atomic E-state index is 12.7. The fraction of sp³-hybridized carbons (Fsp3) is 0.435. The summed E-state index contributed by atoms with van der Waals surface area (Å²) in [5.41, 5.74) is 1.99. The molecule has 0 bridgehead atoms. The number of alkyl halides is 3.